The number of nitrogens with one attached hydrogen (secondary N) is 1. The lowest BCUT2D eigenvalue weighted by molar-refractivity contribution is -0.153. The van der Waals surface area contributed by atoms with E-state index in [2.05, 4.69) is 5.32 Å². The molecule has 1 heterocycles. The van der Waals surface area contributed by atoms with E-state index in [1.807, 2.05) is 25.7 Å². The van der Waals surface area contributed by atoms with Crippen LogP contribution in [0.2, 0.25) is 0 Å². The maximum atomic E-state index is 12.1. The Balaban J connectivity index is 2.70. The highest BCUT2D eigenvalue weighted by Crippen LogP contribution is 2.21. The number of hydrogen-bond acceptors (Lipinski definition) is 4. The van der Waals surface area contributed by atoms with Crippen LogP contribution < -0.4 is 5.32 Å². The summed E-state index contributed by atoms with van der Waals surface area (Å²) in [7, 11) is 0. The topological polar surface area (TPSA) is 58.6 Å². The van der Waals surface area contributed by atoms with E-state index < -0.39 is 0 Å². The molecule has 0 aromatic heterocycles. The first-order chi connectivity index (χ1) is 8.97. The average Bonchev–Trinajstić information content (AvgIpc) is 2.37. The van der Waals surface area contributed by atoms with Gasteiger partial charge in [-0.25, -0.2) is 0 Å². The first-order valence-corrected chi connectivity index (χ1v) is 7.20. The molecular formula is C14H26N2O3. The summed E-state index contributed by atoms with van der Waals surface area (Å²) in [4.78, 5) is 26.0. The van der Waals surface area contributed by atoms with Crippen LogP contribution in [-0.4, -0.2) is 48.1 Å². The van der Waals surface area contributed by atoms with E-state index in [1.54, 1.807) is 6.92 Å². The molecule has 0 bridgehead atoms. The van der Waals surface area contributed by atoms with Gasteiger partial charge in [-0.1, -0.05) is 6.42 Å². The van der Waals surface area contributed by atoms with Crippen molar-refractivity contribution in [2.24, 2.45) is 0 Å². The number of ether oxygens (including phenoxy) is 1. The zero-order valence-electron chi connectivity index (χ0n) is 12.4. The number of nitrogens with zero attached hydrogens (tertiary/aromatic N) is 1. The van der Waals surface area contributed by atoms with Gasteiger partial charge in [-0.15, -0.1) is 0 Å². The molecule has 19 heavy (non-hydrogen) atoms. The number of rotatable bonds is 5. The van der Waals surface area contributed by atoms with Gasteiger partial charge in [-0.3, -0.25) is 14.5 Å². The monoisotopic (exact) mass is 270 g/mol. The Hall–Kier alpha value is -1.10. The molecule has 2 unspecified atom stereocenters. The highest BCUT2D eigenvalue weighted by Gasteiger charge is 2.35. The van der Waals surface area contributed by atoms with Gasteiger partial charge in [0.05, 0.1) is 12.6 Å². The summed E-state index contributed by atoms with van der Waals surface area (Å²) < 4.78 is 5.11. The van der Waals surface area contributed by atoms with Crippen LogP contribution in [0.15, 0.2) is 0 Å². The lowest BCUT2D eigenvalue weighted by atomic mass is 10.00. The van der Waals surface area contributed by atoms with E-state index in [0.29, 0.717) is 6.61 Å². The van der Waals surface area contributed by atoms with Crippen molar-refractivity contribution in [1.29, 1.82) is 0 Å². The van der Waals surface area contributed by atoms with Crippen LogP contribution in [0.25, 0.3) is 0 Å². The smallest absolute Gasteiger partial charge is 0.323 e. The van der Waals surface area contributed by atoms with E-state index in [4.69, 9.17) is 4.74 Å². The maximum Gasteiger partial charge on any atom is 0.323 e. The molecule has 0 radical (unpaired) electrons. The number of carbonyl (C=O) groups excluding carboxylic acids is 2. The third-order valence-electron chi connectivity index (χ3n) is 3.41. The van der Waals surface area contributed by atoms with Crippen LogP contribution in [0.4, 0.5) is 0 Å². The lowest BCUT2D eigenvalue weighted by Crippen LogP contribution is -2.55. The standard InChI is InChI=1S/C14H26N2O3/c1-5-19-14(18)12-8-6-7-9-16(12)11(4)13(17)15-10(2)3/h10-12H,5-9H2,1-4H3,(H,15,17). The van der Waals surface area contributed by atoms with E-state index in [-0.39, 0.29) is 30.0 Å². The summed E-state index contributed by atoms with van der Waals surface area (Å²) in [5, 5.41) is 2.90. The summed E-state index contributed by atoms with van der Waals surface area (Å²) in [6.07, 6.45) is 2.81. The largest absolute Gasteiger partial charge is 0.465 e. The van der Waals surface area contributed by atoms with Crippen molar-refractivity contribution in [1.82, 2.24) is 10.2 Å². The molecule has 1 rings (SSSR count). The van der Waals surface area contributed by atoms with Gasteiger partial charge in [0, 0.05) is 6.04 Å². The van der Waals surface area contributed by atoms with Gasteiger partial charge < -0.3 is 10.1 Å². The normalized spacial score (nSPS) is 22.1. The van der Waals surface area contributed by atoms with Crippen molar-refractivity contribution in [2.45, 2.75) is 65.1 Å². The molecule has 0 spiro atoms. The van der Waals surface area contributed by atoms with Crippen LogP contribution >= 0.6 is 0 Å². The van der Waals surface area contributed by atoms with E-state index in [0.717, 1.165) is 25.8 Å². The molecule has 1 aliphatic heterocycles. The van der Waals surface area contributed by atoms with E-state index in [9.17, 15) is 9.59 Å². The Morgan fingerprint density at radius 3 is 2.58 bits per heavy atom. The molecule has 1 fully saturated rings. The second kappa shape index (κ2) is 7.48. The molecule has 0 aliphatic carbocycles. The first-order valence-electron chi connectivity index (χ1n) is 7.20. The third kappa shape index (κ3) is 4.49. The summed E-state index contributed by atoms with van der Waals surface area (Å²) in [5.74, 6) is -0.224. The van der Waals surface area contributed by atoms with Crippen LogP contribution in [-0.2, 0) is 14.3 Å². The van der Waals surface area contributed by atoms with Crippen molar-refractivity contribution in [2.75, 3.05) is 13.2 Å². The molecule has 1 amide bonds. The Morgan fingerprint density at radius 1 is 1.32 bits per heavy atom. The predicted octanol–water partition coefficient (Wildman–Crippen LogP) is 1.32. The van der Waals surface area contributed by atoms with Gasteiger partial charge >= 0.3 is 5.97 Å². The number of esters is 1. The van der Waals surface area contributed by atoms with Crippen molar-refractivity contribution < 1.29 is 14.3 Å². The summed E-state index contributed by atoms with van der Waals surface area (Å²) in [6.45, 7) is 8.69. The number of hydrogen-bond donors (Lipinski definition) is 1. The van der Waals surface area contributed by atoms with Gasteiger partial charge in [-0.05, 0) is 47.1 Å². The molecule has 1 N–H and O–H groups in total. The highest BCUT2D eigenvalue weighted by molar-refractivity contribution is 5.83. The predicted molar refractivity (Wildman–Crippen MR) is 73.7 cm³/mol. The van der Waals surface area contributed by atoms with Crippen LogP contribution in [0.1, 0.15) is 47.0 Å². The molecule has 1 aliphatic rings. The quantitative estimate of drug-likeness (QED) is 0.765. The highest BCUT2D eigenvalue weighted by atomic mass is 16.5. The zero-order chi connectivity index (χ0) is 14.4. The molecule has 2 atom stereocenters. The molecule has 110 valence electrons. The zero-order valence-corrected chi connectivity index (χ0v) is 12.4. The van der Waals surface area contributed by atoms with E-state index >= 15 is 0 Å². The first kappa shape index (κ1) is 16.0. The molecule has 5 nitrogen and oxygen atoms in total. The Bertz CT molecular complexity index is 318. The Kier molecular flexibility index (Phi) is 6.28. The minimum Gasteiger partial charge on any atom is -0.465 e. The lowest BCUT2D eigenvalue weighted by Gasteiger charge is -2.37. The Morgan fingerprint density at radius 2 is 2.00 bits per heavy atom. The minimum atomic E-state index is -0.294. The number of likely N-dealkylation sites (tertiary alicyclic amines) is 1. The number of amides is 1. The fraction of sp³-hybridized carbons (Fsp3) is 0.857. The van der Waals surface area contributed by atoms with Gasteiger partial charge in [0.15, 0.2) is 0 Å². The van der Waals surface area contributed by atoms with Crippen LogP contribution in [0.3, 0.4) is 0 Å². The molecular weight excluding hydrogens is 244 g/mol. The fourth-order valence-corrected chi connectivity index (χ4v) is 2.46. The van der Waals surface area contributed by atoms with Gasteiger partial charge in [0.25, 0.3) is 0 Å². The molecule has 0 aromatic rings. The number of carbonyl (C=O) groups is 2. The fourth-order valence-electron chi connectivity index (χ4n) is 2.46. The average molecular weight is 270 g/mol. The van der Waals surface area contributed by atoms with Gasteiger partial charge in [-0.2, -0.15) is 0 Å². The third-order valence-corrected chi connectivity index (χ3v) is 3.41. The van der Waals surface area contributed by atoms with Gasteiger partial charge in [0.2, 0.25) is 5.91 Å². The minimum absolute atomic E-state index is 0.0220. The SMILES string of the molecule is CCOC(=O)C1CCCCN1C(C)C(=O)NC(C)C. The van der Waals surface area contributed by atoms with Crippen molar-refractivity contribution in [3.8, 4) is 0 Å². The van der Waals surface area contributed by atoms with Crippen LogP contribution in [0, 0.1) is 0 Å². The molecule has 0 aromatic carbocycles. The van der Waals surface area contributed by atoms with E-state index in [1.165, 1.54) is 0 Å². The molecule has 0 saturated carbocycles. The molecule has 5 heteroatoms. The summed E-state index contributed by atoms with van der Waals surface area (Å²) >= 11 is 0. The summed E-state index contributed by atoms with van der Waals surface area (Å²) in [5.41, 5.74) is 0. The van der Waals surface area contributed by atoms with Gasteiger partial charge in [0.1, 0.15) is 6.04 Å². The Labute approximate surface area is 115 Å². The second-order valence-corrected chi connectivity index (χ2v) is 5.34. The maximum absolute atomic E-state index is 12.1. The second-order valence-electron chi connectivity index (χ2n) is 5.34. The van der Waals surface area contributed by atoms with Crippen LogP contribution in [0.5, 0.6) is 0 Å². The summed E-state index contributed by atoms with van der Waals surface area (Å²) in [6, 6.07) is -0.459. The van der Waals surface area contributed by atoms with Crippen molar-refractivity contribution in [3.05, 3.63) is 0 Å². The van der Waals surface area contributed by atoms with Crippen molar-refractivity contribution in [3.63, 3.8) is 0 Å². The number of piperidine rings is 1. The molecule has 1 saturated heterocycles. The van der Waals surface area contributed by atoms with Crippen molar-refractivity contribution >= 4 is 11.9 Å².